The lowest BCUT2D eigenvalue weighted by Gasteiger charge is -2.51. The summed E-state index contributed by atoms with van der Waals surface area (Å²) < 4.78 is 0. The summed E-state index contributed by atoms with van der Waals surface area (Å²) in [6, 6.07) is 0.474. The highest BCUT2D eigenvalue weighted by Gasteiger charge is 2.49. The van der Waals surface area contributed by atoms with Crippen molar-refractivity contribution in [3.05, 3.63) is 0 Å². The van der Waals surface area contributed by atoms with E-state index in [9.17, 15) is 0 Å². The van der Waals surface area contributed by atoms with Crippen LogP contribution in [0.3, 0.4) is 0 Å². The van der Waals surface area contributed by atoms with Gasteiger partial charge in [-0.25, -0.2) is 0 Å². The molecule has 0 aliphatic heterocycles. The van der Waals surface area contributed by atoms with Crippen LogP contribution in [-0.2, 0) is 0 Å². The van der Waals surface area contributed by atoms with Crippen LogP contribution in [0.2, 0.25) is 0 Å². The van der Waals surface area contributed by atoms with Gasteiger partial charge in [-0.2, -0.15) is 0 Å². The second-order valence-corrected chi connectivity index (χ2v) is 12.0. The first-order valence-electron chi connectivity index (χ1n) is 14.9. The molecule has 4 heteroatoms. The maximum atomic E-state index is 7.22. The third-order valence-corrected chi connectivity index (χ3v) is 9.72. The topological polar surface area (TPSA) is 90.1 Å². The average Bonchev–Trinajstić information content (AvgIpc) is 3.13. The first-order chi connectivity index (χ1) is 15.9. The maximum Gasteiger partial charge on any atom is 0.0312 e. The average molecular weight is 465 g/mol. The molecular formula is C29H60N4. The van der Waals surface area contributed by atoms with Crippen molar-refractivity contribution in [2.75, 3.05) is 13.1 Å². The van der Waals surface area contributed by atoms with Crippen LogP contribution in [-0.4, -0.2) is 30.2 Å². The van der Waals surface area contributed by atoms with Crippen molar-refractivity contribution < 1.29 is 0 Å². The predicted molar refractivity (Wildman–Crippen MR) is 145 cm³/mol. The number of unbranched alkanes of at least 4 members (excludes halogenated alkanes) is 4. The van der Waals surface area contributed by atoms with E-state index in [2.05, 4.69) is 26.1 Å². The maximum absolute atomic E-state index is 7.22. The van der Waals surface area contributed by atoms with Crippen LogP contribution in [0, 0.1) is 11.3 Å². The van der Waals surface area contributed by atoms with E-state index in [4.69, 9.17) is 17.2 Å². The van der Waals surface area contributed by atoms with Gasteiger partial charge in [0.2, 0.25) is 0 Å². The normalized spacial score (nSPS) is 34.7. The van der Waals surface area contributed by atoms with Gasteiger partial charge in [0.05, 0.1) is 0 Å². The molecule has 2 rings (SSSR count). The zero-order valence-electron chi connectivity index (χ0n) is 22.7. The van der Waals surface area contributed by atoms with Gasteiger partial charge in [0.1, 0.15) is 0 Å². The van der Waals surface area contributed by atoms with Crippen molar-refractivity contribution in [2.45, 2.75) is 160 Å². The minimum atomic E-state index is -0.0244. The molecule has 2 fully saturated rings. The minimum Gasteiger partial charge on any atom is -0.330 e. The smallest absolute Gasteiger partial charge is 0.0312 e. The molecule has 3 atom stereocenters. The lowest BCUT2D eigenvalue weighted by atomic mass is 9.62. The Morgan fingerprint density at radius 2 is 1.33 bits per heavy atom. The number of nitrogens with two attached hydrogens (primary N) is 3. The molecule has 0 radical (unpaired) electrons. The first kappa shape index (κ1) is 29.1. The third-order valence-electron chi connectivity index (χ3n) is 9.72. The van der Waals surface area contributed by atoms with Crippen LogP contribution in [0.15, 0.2) is 0 Å². The molecule has 3 unspecified atom stereocenters. The largest absolute Gasteiger partial charge is 0.330 e. The van der Waals surface area contributed by atoms with E-state index in [1.807, 2.05) is 0 Å². The van der Waals surface area contributed by atoms with Crippen molar-refractivity contribution in [1.82, 2.24) is 5.32 Å². The molecule has 0 amide bonds. The minimum absolute atomic E-state index is 0.0244. The highest BCUT2D eigenvalue weighted by Crippen LogP contribution is 2.50. The Balaban J connectivity index is 2.12. The summed E-state index contributed by atoms with van der Waals surface area (Å²) in [4.78, 5) is 0. The Bertz CT molecular complexity index is 514. The number of hydrogen-bond donors (Lipinski definition) is 4. The van der Waals surface area contributed by atoms with Crippen LogP contribution >= 0.6 is 0 Å². The molecule has 196 valence electrons. The molecule has 2 saturated carbocycles. The van der Waals surface area contributed by atoms with E-state index in [0.717, 1.165) is 25.4 Å². The van der Waals surface area contributed by atoms with E-state index in [1.165, 1.54) is 116 Å². The van der Waals surface area contributed by atoms with Crippen molar-refractivity contribution in [3.8, 4) is 0 Å². The van der Waals surface area contributed by atoms with Crippen LogP contribution < -0.4 is 22.5 Å². The summed E-state index contributed by atoms with van der Waals surface area (Å²) in [5.74, 6) is 0.721. The van der Waals surface area contributed by atoms with Gasteiger partial charge in [-0.05, 0) is 108 Å². The second kappa shape index (κ2) is 14.4. The van der Waals surface area contributed by atoms with Crippen LogP contribution in [0.4, 0.5) is 0 Å². The van der Waals surface area contributed by atoms with Gasteiger partial charge in [-0.3, -0.25) is 0 Å². The van der Waals surface area contributed by atoms with Gasteiger partial charge in [0.15, 0.2) is 0 Å². The molecule has 0 saturated heterocycles. The Morgan fingerprint density at radius 3 is 1.94 bits per heavy atom. The fraction of sp³-hybridized carbons (Fsp3) is 1.00. The van der Waals surface area contributed by atoms with Crippen LogP contribution in [0.5, 0.6) is 0 Å². The zero-order valence-corrected chi connectivity index (χ0v) is 22.7. The first-order valence-corrected chi connectivity index (χ1v) is 14.9. The van der Waals surface area contributed by atoms with Crippen LogP contribution in [0.1, 0.15) is 143 Å². The predicted octanol–water partition coefficient (Wildman–Crippen LogP) is 6.40. The Labute approximate surface area is 207 Å². The van der Waals surface area contributed by atoms with Gasteiger partial charge in [0, 0.05) is 17.1 Å². The number of rotatable bonds is 17. The van der Waals surface area contributed by atoms with Gasteiger partial charge in [-0.15, -0.1) is 0 Å². The molecule has 2 aliphatic carbocycles. The number of nitrogens with one attached hydrogen (secondary N) is 1. The third kappa shape index (κ3) is 8.19. The van der Waals surface area contributed by atoms with E-state index < -0.39 is 0 Å². The van der Waals surface area contributed by atoms with Crippen molar-refractivity contribution in [2.24, 2.45) is 28.5 Å². The summed E-state index contributed by atoms with van der Waals surface area (Å²) in [6.45, 7) is 8.72. The monoisotopic (exact) mass is 464 g/mol. The van der Waals surface area contributed by atoms with Gasteiger partial charge < -0.3 is 22.5 Å². The molecule has 0 aromatic rings. The van der Waals surface area contributed by atoms with Gasteiger partial charge in [0.25, 0.3) is 0 Å². The molecular weight excluding hydrogens is 404 g/mol. The van der Waals surface area contributed by atoms with Gasteiger partial charge >= 0.3 is 0 Å². The Morgan fingerprint density at radius 1 is 0.727 bits per heavy atom. The number of hydrogen-bond acceptors (Lipinski definition) is 4. The summed E-state index contributed by atoms with van der Waals surface area (Å²) in [7, 11) is 0. The zero-order chi connectivity index (χ0) is 24.2. The molecule has 7 N–H and O–H groups in total. The van der Waals surface area contributed by atoms with E-state index in [1.54, 1.807) is 0 Å². The molecule has 0 bridgehead atoms. The fourth-order valence-electron chi connectivity index (χ4n) is 7.17. The molecule has 0 aromatic heterocycles. The highest BCUT2D eigenvalue weighted by molar-refractivity contribution is 5.09. The Hall–Kier alpha value is -0.160. The van der Waals surface area contributed by atoms with Crippen molar-refractivity contribution >= 4 is 0 Å². The Kier molecular flexibility index (Phi) is 12.7. The molecule has 0 heterocycles. The quantitative estimate of drug-likeness (QED) is 0.187. The summed E-state index contributed by atoms with van der Waals surface area (Å²) in [5.41, 5.74) is 19.7. The molecule has 33 heavy (non-hydrogen) atoms. The van der Waals surface area contributed by atoms with E-state index >= 15 is 0 Å². The molecule has 2 aliphatic rings. The second-order valence-electron chi connectivity index (χ2n) is 12.0. The molecule has 0 spiro atoms. The fourth-order valence-corrected chi connectivity index (χ4v) is 7.17. The summed E-state index contributed by atoms with van der Waals surface area (Å²) in [6.07, 6.45) is 24.5. The lowest BCUT2D eigenvalue weighted by molar-refractivity contribution is 0.0613. The van der Waals surface area contributed by atoms with Crippen molar-refractivity contribution in [1.29, 1.82) is 0 Å². The van der Waals surface area contributed by atoms with E-state index in [0.29, 0.717) is 11.5 Å². The molecule has 0 aromatic carbocycles. The lowest BCUT2D eigenvalue weighted by Crippen LogP contribution is -2.63. The summed E-state index contributed by atoms with van der Waals surface area (Å²) in [5, 5.41) is 4.34. The van der Waals surface area contributed by atoms with Crippen LogP contribution in [0.25, 0.3) is 0 Å². The van der Waals surface area contributed by atoms with E-state index in [-0.39, 0.29) is 11.1 Å². The van der Waals surface area contributed by atoms with Crippen molar-refractivity contribution in [3.63, 3.8) is 0 Å². The SMILES string of the molecule is CCCCC1(CCCCN)CCC(CC)(NC2C(CCCCN)CCC2(N)CCCC)CC1. The highest BCUT2D eigenvalue weighted by atomic mass is 15.1. The summed E-state index contributed by atoms with van der Waals surface area (Å²) >= 11 is 0. The molecule has 4 nitrogen and oxygen atoms in total. The standard InChI is InChI=1S/C29H60N4/c1-4-7-15-27(16-10-12-24-31)19-21-28(6-3,22-20-27)33-26-25(13-9-11-23-30)14-18-29(26,32)17-8-5-2/h25-26,33H,4-24,30-32H2,1-3H3. The van der Waals surface area contributed by atoms with Gasteiger partial charge in [-0.1, -0.05) is 59.3 Å².